The van der Waals surface area contributed by atoms with Crippen molar-refractivity contribution in [3.05, 3.63) is 46.1 Å². The number of anilines is 1. The SMILES string of the molecule is CC[C@@H](C)c1nc(N2CCN(C(=O)Cc3ccc(OC)cc3)CC2)c2c3c(sc2n1)C[C@@H](C)CC3. The molecule has 2 aliphatic rings. The highest BCUT2D eigenvalue weighted by Crippen LogP contribution is 2.42. The molecule has 7 heteroatoms. The Labute approximate surface area is 212 Å². The lowest BCUT2D eigenvalue weighted by Gasteiger charge is -2.36. The number of piperazine rings is 1. The molecule has 0 bridgehead atoms. The minimum Gasteiger partial charge on any atom is -0.497 e. The fourth-order valence-corrected chi connectivity index (χ4v) is 6.55. The van der Waals surface area contributed by atoms with E-state index in [0.717, 1.165) is 79.1 Å². The second-order valence-electron chi connectivity index (χ2n) is 10.1. The molecule has 2 atom stereocenters. The number of rotatable bonds is 6. The fourth-order valence-electron chi connectivity index (χ4n) is 5.17. The topological polar surface area (TPSA) is 58.6 Å². The van der Waals surface area contributed by atoms with Crippen LogP contribution in [0.5, 0.6) is 5.75 Å². The standard InChI is InChI=1S/C28H36N4O2S/c1-5-19(3)26-29-27(25-22-11-6-18(2)16-23(22)35-28(25)30-26)32-14-12-31(13-15-32)24(33)17-20-7-9-21(34-4)10-8-20/h7-10,18-19H,5-6,11-17H2,1-4H3/t18-,19+/m0/s1. The first-order valence-corrected chi connectivity index (χ1v) is 13.8. The quantitative estimate of drug-likeness (QED) is 0.472. The third kappa shape index (κ3) is 4.88. The van der Waals surface area contributed by atoms with Crippen LogP contribution in [0.2, 0.25) is 0 Å². The van der Waals surface area contributed by atoms with Gasteiger partial charge < -0.3 is 14.5 Å². The first-order valence-electron chi connectivity index (χ1n) is 12.9. The Balaban J connectivity index is 1.36. The van der Waals surface area contributed by atoms with Crippen LogP contribution in [0.15, 0.2) is 24.3 Å². The molecule has 5 rings (SSSR count). The number of amides is 1. The van der Waals surface area contributed by atoms with Crippen LogP contribution in [0, 0.1) is 5.92 Å². The van der Waals surface area contributed by atoms with Gasteiger partial charge in [0.05, 0.1) is 18.9 Å². The normalized spacial score (nSPS) is 19.0. The highest BCUT2D eigenvalue weighted by atomic mass is 32.1. The van der Waals surface area contributed by atoms with E-state index in [-0.39, 0.29) is 5.91 Å². The van der Waals surface area contributed by atoms with Crippen molar-refractivity contribution in [2.45, 2.75) is 58.8 Å². The van der Waals surface area contributed by atoms with Crippen molar-refractivity contribution in [1.82, 2.24) is 14.9 Å². The Kier molecular flexibility index (Phi) is 6.96. The number of nitrogens with zero attached hydrogens (tertiary/aromatic N) is 4. The van der Waals surface area contributed by atoms with E-state index in [1.165, 1.54) is 22.2 Å². The summed E-state index contributed by atoms with van der Waals surface area (Å²) in [6.07, 6.45) is 4.97. The van der Waals surface area contributed by atoms with Crippen LogP contribution in [0.4, 0.5) is 5.82 Å². The van der Waals surface area contributed by atoms with E-state index < -0.39 is 0 Å². The van der Waals surface area contributed by atoms with Crippen molar-refractivity contribution in [3.8, 4) is 5.75 Å². The van der Waals surface area contributed by atoms with Gasteiger partial charge in [0.15, 0.2) is 0 Å². The second-order valence-corrected chi connectivity index (χ2v) is 11.2. The average molecular weight is 493 g/mol. The van der Waals surface area contributed by atoms with Crippen LogP contribution in [-0.4, -0.2) is 54.1 Å². The number of hydrogen-bond donors (Lipinski definition) is 0. The van der Waals surface area contributed by atoms with Crippen molar-refractivity contribution in [3.63, 3.8) is 0 Å². The first-order chi connectivity index (χ1) is 17.0. The third-order valence-electron chi connectivity index (χ3n) is 7.65. The molecule has 0 saturated carbocycles. The van der Waals surface area contributed by atoms with Crippen molar-refractivity contribution in [2.24, 2.45) is 5.92 Å². The van der Waals surface area contributed by atoms with Gasteiger partial charge in [-0.2, -0.15) is 0 Å². The Morgan fingerprint density at radius 2 is 1.91 bits per heavy atom. The van der Waals surface area contributed by atoms with E-state index >= 15 is 0 Å². The van der Waals surface area contributed by atoms with Gasteiger partial charge in [-0.15, -0.1) is 11.3 Å². The van der Waals surface area contributed by atoms with Gasteiger partial charge in [-0.25, -0.2) is 9.97 Å². The summed E-state index contributed by atoms with van der Waals surface area (Å²) in [7, 11) is 1.66. The number of thiophene rings is 1. The zero-order valence-corrected chi connectivity index (χ0v) is 22.2. The molecule has 3 heterocycles. The maximum absolute atomic E-state index is 13.0. The number of ether oxygens (including phenoxy) is 1. The number of fused-ring (bicyclic) bond motifs is 3. The maximum atomic E-state index is 13.0. The zero-order valence-electron chi connectivity index (χ0n) is 21.3. The molecule has 1 aromatic carbocycles. The van der Waals surface area contributed by atoms with Crippen molar-refractivity contribution in [1.29, 1.82) is 0 Å². The van der Waals surface area contributed by atoms with Gasteiger partial charge in [-0.3, -0.25) is 4.79 Å². The van der Waals surface area contributed by atoms with Crippen LogP contribution in [0.1, 0.15) is 61.4 Å². The monoisotopic (exact) mass is 492 g/mol. The van der Waals surface area contributed by atoms with Crippen LogP contribution < -0.4 is 9.64 Å². The van der Waals surface area contributed by atoms with Gasteiger partial charge in [0.1, 0.15) is 22.2 Å². The molecule has 0 unspecified atom stereocenters. The number of benzene rings is 1. The van der Waals surface area contributed by atoms with E-state index in [0.29, 0.717) is 12.3 Å². The molecule has 35 heavy (non-hydrogen) atoms. The van der Waals surface area contributed by atoms with Gasteiger partial charge in [-0.05, 0) is 54.9 Å². The molecular formula is C28H36N4O2S. The molecule has 1 aliphatic carbocycles. The number of methoxy groups -OCH3 is 1. The summed E-state index contributed by atoms with van der Waals surface area (Å²) >= 11 is 1.88. The predicted molar refractivity (Wildman–Crippen MR) is 143 cm³/mol. The number of carbonyl (C=O) groups excluding carboxylic acids is 1. The molecule has 186 valence electrons. The average Bonchev–Trinajstić information content (AvgIpc) is 3.25. The minimum atomic E-state index is 0.185. The smallest absolute Gasteiger partial charge is 0.227 e. The van der Waals surface area contributed by atoms with E-state index in [9.17, 15) is 4.79 Å². The number of aromatic nitrogens is 2. The lowest BCUT2D eigenvalue weighted by atomic mass is 9.89. The van der Waals surface area contributed by atoms with Crippen molar-refractivity contribution in [2.75, 3.05) is 38.2 Å². The number of carbonyl (C=O) groups is 1. The lowest BCUT2D eigenvalue weighted by Crippen LogP contribution is -2.49. The molecule has 1 saturated heterocycles. The second kappa shape index (κ2) is 10.1. The van der Waals surface area contributed by atoms with Gasteiger partial charge in [-0.1, -0.05) is 32.9 Å². The number of hydrogen-bond acceptors (Lipinski definition) is 6. The molecule has 3 aromatic rings. The summed E-state index contributed by atoms with van der Waals surface area (Å²) < 4.78 is 5.23. The van der Waals surface area contributed by atoms with Crippen molar-refractivity contribution < 1.29 is 9.53 Å². The van der Waals surface area contributed by atoms with Gasteiger partial charge in [0, 0.05) is 37.0 Å². The third-order valence-corrected chi connectivity index (χ3v) is 8.80. The lowest BCUT2D eigenvalue weighted by molar-refractivity contribution is -0.130. The first kappa shape index (κ1) is 24.0. The molecule has 2 aromatic heterocycles. The highest BCUT2D eigenvalue weighted by molar-refractivity contribution is 7.19. The largest absolute Gasteiger partial charge is 0.497 e. The van der Waals surface area contributed by atoms with Crippen LogP contribution in [0.25, 0.3) is 10.2 Å². The molecule has 0 N–H and O–H groups in total. The molecule has 0 spiro atoms. The van der Waals surface area contributed by atoms with Crippen LogP contribution in [0.3, 0.4) is 0 Å². The molecular weight excluding hydrogens is 456 g/mol. The molecule has 6 nitrogen and oxygen atoms in total. The Morgan fingerprint density at radius 1 is 1.17 bits per heavy atom. The minimum absolute atomic E-state index is 0.185. The predicted octanol–water partition coefficient (Wildman–Crippen LogP) is 5.23. The molecule has 1 aliphatic heterocycles. The molecule has 0 radical (unpaired) electrons. The highest BCUT2D eigenvalue weighted by Gasteiger charge is 2.29. The zero-order chi connectivity index (χ0) is 24.5. The summed E-state index contributed by atoms with van der Waals surface area (Å²) in [6.45, 7) is 9.84. The maximum Gasteiger partial charge on any atom is 0.227 e. The Hall–Kier alpha value is -2.67. The van der Waals surface area contributed by atoms with Gasteiger partial charge >= 0.3 is 0 Å². The Bertz CT molecular complexity index is 1200. The summed E-state index contributed by atoms with van der Waals surface area (Å²) in [6, 6.07) is 7.78. The molecule has 1 amide bonds. The molecule has 1 fully saturated rings. The van der Waals surface area contributed by atoms with E-state index in [4.69, 9.17) is 14.7 Å². The van der Waals surface area contributed by atoms with Crippen LogP contribution >= 0.6 is 11.3 Å². The summed E-state index contributed by atoms with van der Waals surface area (Å²) in [5, 5.41) is 1.28. The number of aryl methyl sites for hydroxylation is 1. The fraction of sp³-hybridized carbons (Fsp3) is 0.536. The van der Waals surface area contributed by atoms with E-state index in [1.807, 2.05) is 40.5 Å². The van der Waals surface area contributed by atoms with Gasteiger partial charge in [0.25, 0.3) is 0 Å². The van der Waals surface area contributed by atoms with Crippen LogP contribution in [-0.2, 0) is 24.1 Å². The van der Waals surface area contributed by atoms with E-state index in [1.54, 1.807) is 7.11 Å². The van der Waals surface area contributed by atoms with Crippen molar-refractivity contribution >= 4 is 33.3 Å². The summed E-state index contributed by atoms with van der Waals surface area (Å²) in [5.74, 6) is 4.13. The summed E-state index contributed by atoms with van der Waals surface area (Å²) in [5.41, 5.74) is 2.50. The summed E-state index contributed by atoms with van der Waals surface area (Å²) in [4.78, 5) is 30.2. The Morgan fingerprint density at radius 3 is 2.60 bits per heavy atom. The van der Waals surface area contributed by atoms with Gasteiger partial charge in [0.2, 0.25) is 5.91 Å². The van der Waals surface area contributed by atoms with E-state index in [2.05, 4.69) is 25.7 Å².